The topological polar surface area (TPSA) is 38.7 Å². The van der Waals surface area contributed by atoms with Crippen LogP contribution in [0.15, 0.2) is 30.6 Å². The van der Waals surface area contributed by atoms with Gasteiger partial charge in [-0.25, -0.2) is 9.97 Å². The normalized spacial score (nSPS) is 10.3. The zero-order valence-corrected chi connectivity index (χ0v) is 9.07. The van der Waals surface area contributed by atoms with E-state index in [9.17, 15) is 0 Å². The third-order valence-electron chi connectivity index (χ3n) is 2.01. The molecule has 0 amide bonds. The van der Waals surface area contributed by atoms with E-state index < -0.39 is 0 Å². The first-order chi connectivity index (χ1) is 7.24. The lowest BCUT2D eigenvalue weighted by molar-refractivity contribution is 0.996. The molecule has 0 spiro atoms. The second kappa shape index (κ2) is 4.36. The van der Waals surface area contributed by atoms with Gasteiger partial charge in [0.05, 0.1) is 0 Å². The van der Waals surface area contributed by atoms with Crippen molar-refractivity contribution in [3.63, 3.8) is 0 Å². The summed E-state index contributed by atoms with van der Waals surface area (Å²) in [5.41, 5.74) is 2.98. The molecular weight excluding hydrogens is 210 g/mol. The number of nitrogens with zero attached hydrogens (tertiary/aromatic N) is 3. The van der Waals surface area contributed by atoms with E-state index in [2.05, 4.69) is 15.0 Å². The van der Waals surface area contributed by atoms with Crippen molar-refractivity contribution in [3.05, 3.63) is 52.8 Å². The van der Waals surface area contributed by atoms with Crippen molar-refractivity contribution in [2.45, 2.75) is 13.3 Å². The van der Waals surface area contributed by atoms with Gasteiger partial charge < -0.3 is 0 Å². The summed E-state index contributed by atoms with van der Waals surface area (Å²) in [6.07, 6.45) is 4.29. The Hall–Kier alpha value is -1.48. The van der Waals surface area contributed by atoms with Crippen molar-refractivity contribution in [3.8, 4) is 0 Å². The van der Waals surface area contributed by atoms with Crippen LogP contribution in [0.3, 0.4) is 0 Å². The number of aromatic nitrogens is 3. The molecule has 2 aromatic rings. The highest BCUT2D eigenvalue weighted by atomic mass is 35.5. The molecule has 0 aromatic carbocycles. The van der Waals surface area contributed by atoms with Gasteiger partial charge in [0.25, 0.3) is 0 Å². The molecular formula is C11H10ClN3. The third kappa shape index (κ3) is 2.73. The fourth-order valence-corrected chi connectivity index (χ4v) is 1.64. The predicted octanol–water partition coefficient (Wildman–Crippen LogP) is 2.42. The van der Waals surface area contributed by atoms with E-state index >= 15 is 0 Å². The maximum Gasteiger partial charge on any atom is 0.222 e. The molecule has 0 aliphatic rings. The zero-order valence-electron chi connectivity index (χ0n) is 8.31. The van der Waals surface area contributed by atoms with E-state index in [1.165, 1.54) is 5.56 Å². The molecule has 0 unspecified atom stereocenters. The van der Waals surface area contributed by atoms with Crippen LogP contribution in [0.5, 0.6) is 0 Å². The van der Waals surface area contributed by atoms with Crippen LogP contribution < -0.4 is 0 Å². The molecule has 0 atom stereocenters. The summed E-state index contributed by atoms with van der Waals surface area (Å²) >= 11 is 5.78. The molecule has 4 heteroatoms. The smallest absolute Gasteiger partial charge is 0.222 e. The molecule has 0 N–H and O–H groups in total. The quantitative estimate of drug-likeness (QED) is 0.729. The van der Waals surface area contributed by atoms with Gasteiger partial charge in [-0.2, -0.15) is 0 Å². The summed E-state index contributed by atoms with van der Waals surface area (Å²) in [6.45, 7) is 1.91. The lowest BCUT2D eigenvalue weighted by atomic mass is 10.1. The molecule has 0 aliphatic carbocycles. The third-order valence-corrected chi connectivity index (χ3v) is 2.18. The van der Waals surface area contributed by atoms with Gasteiger partial charge in [-0.3, -0.25) is 4.98 Å². The first-order valence-corrected chi connectivity index (χ1v) is 5.01. The Bertz CT molecular complexity index is 436. The Morgan fingerprint density at radius 2 is 1.93 bits per heavy atom. The van der Waals surface area contributed by atoms with Gasteiger partial charge in [0.2, 0.25) is 5.28 Å². The maximum atomic E-state index is 5.78. The molecule has 0 saturated heterocycles. The summed E-state index contributed by atoms with van der Waals surface area (Å²) in [7, 11) is 0. The zero-order chi connectivity index (χ0) is 10.7. The monoisotopic (exact) mass is 219 g/mol. The van der Waals surface area contributed by atoms with Crippen molar-refractivity contribution in [2.75, 3.05) is 0 Å². The van der Waals surface area contributed by atoms with Crippen molar-refractivity contribution in [1.29, 1.82) is 0 Å². The van der Waals surface area contributed by atoms with Crippen LogP contribution in [-0.2, 0) is 6.42 Å². The molecule has 0 fully saturated rings. The van der Waals surface area contributed by atoms with Gasteiger partial charge in [-0.15, -0.1) is 0 Å². The van der Waals surface area contributed by atoms with E-state index in [1.54, 1.807) is 12.4 Å². The Morgan fingerprint density at radius 3 is 2.60 bits per heavy atom. The van der Waals surface area contributed by atoms with Crippen LogP contribution in [0, 0.1) is 6.92 Å². The number of aryl methyl sites for hydroxylation is 1. The Kier molecular flexibility index (Phi) is 2.92. The lowest BCUT2D eigenvalue weighted by Crippen LogP contribution is -1.96. The number of pyridine rings is 1. The average molecular weight is 220 g/mol. The number of hydrogen-bond donors (Lipinski definition) is 0. The maximum absolute atomic E-state index is 5.78. The molecule has 2 aromatic heterocycles. The summed E-state index contributed by atoms with van der Waals surface area (Å²) in [5.74, 6) is 0. The summed E-state index contributed by atoms with van der Waals surface area (Å²) < 4.78 is 0. The minimum atomic E-state index is 0.305. The highest BCUT2D eigenvalue weighted by Gasteiger charge is 2.01. The Morgan fingerprint density at radius 1 is 1.20 bits per heavy atom. The number of hydrogen-bond acceptors (Lipinski definition) is 3. The van der Waals surface area contributed by atoms with E-state index in [4.69, 9.17) is 11.6 Å². The second-order valence-electron chi connectivity index (χ2n) is 3.30. The Balaban J connectivity index is 2.25. The van der Waals surface area contributed by atoms with Crippen LogP contribution >= 0.6 is 11.6 Å². The molecule has 2 rings (SSSR count). The van der Waals surface area contributed by atoms with Crippen molar-refractivity contribution >= 4 is 11.6 Å². The fraction of sp³-hybridized carbons (Fsp3) is 0.182. The SMILES string of the molecule is Cc1cc(Cc2ccncc2)nc(Cl)n1. The molecule has 2 heterocycles. The summed E-state index contributed by atoms with van der Waals surface area (Å²) in [5, 5.41) is 0.305. The first kappa shape index (κ1) is 10.1. The molecule has 76 valence electrons. The van der Waals surface area contributed by atoms with Gasteiger partial charge in [-0.1, -0.05) is 0 Å². The summed E-state index contributed by atoms with van der Waals surface area (Å²) in [6, 6.07) is 5.86. The van der Waals surface area contributed by atoms with E-state index in [0.29, 0.717) is 5.28 Å². The second-order valence-corrected chi connectivity index (χ2v) is 3.64. The molecule has 0 radical (unpaired) electrons. The lowest BCUT2D eigenvalue weighted by Gasteiger charge is -2.02. The van der Waals surface area contributed by atoms with Gasteiger partial charge >= 0.3 is 0 Å². The highest BCUT2D eigenvalue weighted by Crippen LogP contribution is 2.10. The first-order valence-electron chi connectivity index (χ1n) is 4.63. The molecule has 0 saturated carbocycles. The number of halogens is 1. The highest BCUT2D eigenvalue weighted by molar-refractivity contribution is 6.28. The Labute approximate surface area is 93.2 Å². The van der Waals surface area contributed by atoms with Crippen molar-refractivity contribution < 1.29 is 0 Å². The molecule has 15 heavy (non-hydrogen) atoms. The molecule has 3 nitrogen and oxygen atoms in total. The van der Waals surface area contributed by atoms with Gasteiger partial charge in [0, 0.05) is 30.2 Å². The van der Waals surface area contributed by atoms with Crippen LogP contribution in [0.4, 0.5) is 0 Å². The summed E-state index contributed by atoms with van der Waals surface area (Å²) in [4.78, 5) is 12.1. The molecule has 0 aliphatic heterocycles. The van der Waals surface area contributed by atoms with Crippen LogP contribution in [0.25, 0.3) is 0 Å². The van der Waals surface area contributed by atoms with Crippen LogP contribution in [-0.4, -0.2) is 15.0 Å². The van der Waals surface area contributed by atoms with Crippen LogP contribution in [0.2, 0.25) is 5.28 Å². The van der Waals surface area contributed by atoms with Gasteiger partial charge in [-0.05, 0) is 42.3 Å². The standard InChI is InChI=1S/C11H10ClN3/c1-8-6-10(15-11(12)14-8)7-9-2-4-13-5-3-9/h2-6H,7H2,1H3. The van der Waals surface area contributed by atoms with E-state index in [-0.39, 0.29) is 0 Å². The minimum Gasteiger partial charge on any atom is -0.265 e. The van der Waals surface area contributed by atoms with Gasteiger partial charge in [0.1, 0.15) is 0 Å². The predicted molar refractivity (Wildman–Crippen MR) is 58.8 cm³/mol. The number of rotatable bonds is 2. The van der Waals surface area contributed by atoms with E-state index in [0.717, 1.165) is 17.8 Å². The van der Waals surface area contributed by atoms with Crippen LogP contribution in [0.1, 0.15) is 17.0 Å². The van der Waals surface area contributed by atoms with E-state index in [1.807, 2.05) is 25.1 Å². The largest absolute Gasteiger partial charge is 0.265 e. The average Bonchev–Trinajstić information content (AvgIpc) is 2.17. The fourth-order valence-electron chi connectivity index (χ4n) is 1.40. The minimum absolute atomic E-state index is 0.305. The van der Waals surface area contributed by atoms with Crippen molar-refractivity contribution in [2.24, 2.45) is 0 Å². The van der Waals surface area contributed by atoms with Gasteiger partial charge in [0.15, 0.2) is 0 Å². The molecule has 0 bridgehead atoms. The van der Waals surface area contributed by atoms with Crippen molar-refractivity contribution in [1.82, 2.24) is 15.0 Å².